The molecule has 0 amide bonds. The van der Waals surface area contributed by atoms with Crippen molar-refractivity contribution in [2.75, 3.05) is 7.11 Å². The van der Waals surface area contributed by atoms with Gasteiger partial charge < -0.3 is 19.6 Å². The average molecular weight is 391 g/mol. The van der Waals surface area contributed by atoms with Crippen molar-refractivity contribution < 1.29 is 23.8 Å². The molecule has 0 saturated heterocycles. The van der Waals surface area contributed by atoms with Crippen LogP contribution >= 0.6 is 0 Å². The molecule has 0 radical (unpaired) electrons. The monoisotopic (exact) mass is 391 g/mol. The van der Waals surface area contributed by atoms with Crippen molar-refractivity contribution in [2.45, 2.75) is 6.42 Å². The topological polar surface area (TPSA) is 71.5 Å². The van der Waals surface area contributed by atoms with Crippen LogP contribution in [-0.2, 0) is 11.2 Å². The molecule has 6 heteroatoms. The summed E-state index contributed by atoms with van der Waals surface area (Å²) in [5.41, 5.74) is 2.24. The number of H-pyrrole nitrogens is 1. The molecule has 29 heavy (non-hydrogen) atoms. The number of fused-ring (bicyclic) bond motifs is 1. The Bertz CT molecular complexity index is 1180. The number of aromatic amines is 1. The molecule has 0 saturated carbocycles. The summed E-state index contributed by atoms with van der Waals surface area (Å²) in [7, 11) is 1.49. The number of halogens is 1. The van der Waals surface area contributed by atoms with Gasteiger partial charge in [-0.1, -0.05) is 18.2 Å². The lowest BCUT2D eigenvalue weighted by Crippen LogP contribution is -2.01. The highest BCUT2D eigenvalue weighted by molar-refractivity contribution is 5.95. The predicted molar refractivity (Wildman–Crippen MR) is 108 cm³/mol. The Labute approximate surface area is 166 Å². The molecule has 0 unspecified atom stereocenters. The second-order valence-electron chi connectivity index (χ2n) is 6.52. The average Bonchev–Trinajstić information content (AvgIpc) is 3.06. The molecule has 0 bridgehead atoms. The van der Waals surface area contributed by atoms with E-state index in [-0.39, 0.29) is 6.42 Å². The SMILES string of the molecule is COc1ccc(F)cc1-c1[nH]c2ccc(Oc3ccccc3)cc2c1CC(=O)O. The zero-order chi connectivity index (χ0) is 20.4. The number of aromatic nitrogens is 1. The molecule has 0 aliphatic rings. The number of carboxylic acid groups (broad SMARTS) is 1. The van der Waals surface area contributed by atoms with Gasteiger partial charge in [0.25, 0.3) is 0 Å². The van der Waals surface area contributed by atoms with E-state index in [4.69, 9.17) is 9.47 Å². The standard InChI is InChI=1S/C23H18FNO4/c1-28-21-10-7-14(24)11-19(21)23-18(13-22(26)27)17-12-16(8-9-20(17)25-23)29-15-5-3-2-4-6-15/h2-12,25H,13H2,1H3,(H,26,27). The maximum Gasteiger partial charge on any atom is 0.307 e. The minimum atomic E-state index is -0.989. The van der Waals surface area contributed by atoms with E-state index in [2.05, 4.69) is 4.98 Å². The number of rotatable bonds is 6. The van der Waals surface area contributed by atoms with Crippen LogP contribution in [0.4, 0.5) is 4.39 Å². The van der Waals surface area contributed by atoms with Gasteiger partial charge in [-0.3, -0.25) is 4.79 Å². The van der Waals surface area contributed by atoms with E-state index >= 15 is 0 Å². The molecule has 1 aromatic heterocycles. The lowest BCUT2D eigenvalue weighted by molar-refractivity contribution is -0.136. The number of ether oxygens (including phenoxy) is 2. The summed E-state index contributed by atoms with van der Waals surface area (Å²) < 4.78 is 25.2. The zero-order valence-corrected chi connectivity index (χ0v) is 15.6. The number of para-hydroxylation sites is 1. The van der Waals surface area contributed by atoms with E-state index in [1.807, 2.05) is 36.4 Å². The molecule has 0 aliphatic carbocycles. The van der Waals surface area contributed by atoms with Gasteiger partial charge in [-0.05, 0) is 54.1 Å². The summed E-state index contributed by atoms with van der Waals surface area (Å²) in [4.78, 5) is 14.8. The highest BCUT2D eigenvalue weighted by Gasteiger charge is 2.20. The minimum Gasteiger partial charge on any atom is -0.496 e. The van der Waals surface area contributed by atoms with Crippen molar-refractivity contribution in [1.82, 2.24) is 4.98 Å². The molecule has 0 spiro atoms. The van der Waals surface area contributed by atoms with Gasteiger partial charge in [0.2, 0.25) is 0 Å². The third-order valence-electron chi connectivity index (χ3n) is 4.62. The minimum absolute atomic E-state index is 0.232. The maximum absolute atomic E-state index is 13.9. The Balaban J connectivity index is 1.87. The van der Waals surface area contributed by atoms with Crippen LogP contribution in [0, 0.1) is 5.82 Å². The highest BCUT2D eigenvalue weighted by atomic mass is 19.1. The first-order chi connectivity index (χ1) is 14.0. The van der Waals surface area contributed by atoms with E-state index in [1.165, 1.54) is 25.3 Å². The summed E-state index contributed by atoms with van der Waals surface area (Å²) in [5.74, 6) is 0.275. The first-order valence-electron chi connectivity index (χ1n) is 8.98. The number of benzene rings is 3. The number of nitrogens with one attached hydrogen (secondary N) is 1. The third kappa shape index (κ3) is 3.78. The molecule has 3 aromatic carbocycles. The summed E-state index contributed by atoms with van der Waals surface area (Å²) in [6.45, 7) is 0. The van der Waals surface area contributed by atoms with Gasteiger partial charge in [0.1, 0.15) is 23.1 Å². The van der Waals surface area contributed by atoms with E-state index < -0.39 is 11.8 Å². The summed E-state index contributed by atoms with van der Waals surface area (Å²) in [6.07, 6.45) is -0.232. The summed E-state index contributed by atoms with van der Waals surface area (Å²) >= 11 is 0. The van der Waals surface area contributed by atoms with Crippen LogP contribution in [0.3, 0.4) is 0 Å². The van der Waals surface area contributed by atoms with Crippen LogP contribution in [0.5, 0.6) is 17.2 Å². The van der Waals surface area contributed by atoms with E-state index in [9.17, 15) is 14.3 Å². The zero-order valence-electron chi connectivity index (χ0n) is 15.6. The molecule has 0 fully saturated rings. The fraction of sp³-hybridized carbons (Fsp3) is 0.0870. The fourth-order valence-electron chi connectivity index (χ4n) is 3.36. The molecular weight excluding hydrogens is 373 g/mol. The summed E-state index contributed by atoms with van der Waals surface area (Å²) in [5, 5.41) is 10.1. The number of carboxylic acids is 1. The molecule has 4 aromatic rings. The Morgan fingerprint density at radius 3 is 2.55 bits per heavy atom. The van der Waals surface area contributed by atoms with Crippen LogP contribution < -0.4 is 9.47 Å². The number of carbonyl (C=O) groups is 1. The normalized spacial score (nSPS) is 10.8. The van der Waals surface area contributed by atoms with E-state index in [1.54, 1.807) is 12.1 Å². The smallest absolute Gasteiger partial charge is 0.307 e. The van der Waals surface area contributed by atoms with Gasteiger partial charge in [0, 0.05) is 16.5 Å². The van der Waals surface area contributed by atoms with E-state index in [0.717, 1.165) is 5.52 Å². The highest BCUT2D eigenvalue weighted by Crippen LogP contribution is 2.38. The molecule has 2 N–H and O–H groups in total. The van der Waals surface area contributed by atoms with Crippen molar-refractivity contribution >= 4 is 16.9 Å². The fourth-order valence-corrected chi connectivity index (χ4v) is 3.36. The van der Waals surface area contributed by atoms with Crippen LogP contribution in [0.2, 0.25) is 0 Å². The van der Waals surface area contributed by atoms with Gasteiger partial charge in [-0.15, -0.1) is 0 Å². The van der Waals surface area contributed by atoms with Crippen molar-refractivity contribution in [1.29, 1.82) is 0 Å². The predicted octanol–water partition coefficient (Wildman–Crippen LogP) is 5.40. The summed E-state index contributed by atoms with van der Waals surface area (Å²) in [6, 6.07) is 18.8. The maximum atomic E-state index is 13.9. The van der Waals surface area contributed by atoms with Crippen molar-refractivity contribution in [2.24, 2.45) is 0 Å². The first-order valence-corrected chi connectivity index (χ1v) is 8.98. The Morgan fingerprint density at radius 1 is 1.03 bits per heavy atom. The van der Waals surface area contributed by atoms with Crippen LogP contribution in [0.15, 0.2) is 66.7 Å². The van der Waals surface area contributed by atoms with Gasteiger partial charge >= 0.3 is 5.97 Å². The molecule has 4 rings (SSSR count). The van der Waals surface area contributed by atoms with Gasteiger partial charge in [-0.2, -0.15) is 0 Å². The lowest BCUT2D eigenvalue weighted by Gasteiger charge is -2.09. The number of hydrogen-bond donors (Lipinski definition) is 2. The van der Waals surface area contributed by atoms with Crippen molar-refractivity contribution in [3.63, 3.8) is 0 Å². The van der Waals surface area contributed by atoms with Crippen molar-refractivity contribution in [3.05, 3.63) is 78.1 Å². The molecule has 0 atom stereocenters. The number of methoxy groups -OCH3 is 1. The quantitative estimate of drug-likeness (QED) is 0.461. The van der Waals surface area contributed by atoms with Crippen LogP contribution in [0.1, 0.15) is 5.56 Å². The largest absolute Gasteiger partial charge is 0.496 e. The molecular formula is C23H18FNO4. The van der Waals surface area contributed by atoms with E-state index in [0.29, 0.717) is 39.5 Å². The van der Waals surface area contributed by atoms with Crippen molar-refractivity contribution in [3.8, 4) is 28.5 Å². The van der Waals surface area contributed by atoms with Crippen LogP contribution in [-0.4, -0.2) is 23.2 Å². The number of aliphatic carboxylic acids is 1. The lowest BCUT2D eigenvalue weighted by atomic mass is 10.0. The van der Waals surface area contributed by atoms with Gasteiger partial charge in [0.15, 0.2) is 0 Å². The van der Waals surface area contributed by atoms with Crippen LogP contribution in [0.25, 0.3) is 22.2 Å². The molecule has 0 aliphatic heterocycles. The second kappa shape index (κ2) is 7.67. The Hall–Kier alpha value is -3.80. The number of hydrogen-bond acceptors (Lipinski definition) is 3. The van der Waals surface area contributed by atoms with Gasteiger partial charge in [0.05, 0.1) is 19.2 Å². The molecule has 146 valence electrons. The second-order valence-corrected chi connectivity index (χ2v) is 6.52. The first kappa shape index (κ1) is 18.6. The third-order valence-corrected chi connectivity index (χ3v) is 4.62. The Kier molecular flexibility index (Phi) is 4.91. The molecule has 1 heterocycles. The molecule has 5 nitrogen and oxygen atoms in total. The van der Waals surface area contributed by atoms with Gasteiger partial charge in [-0.25, -0.2) is 4.39 Å². The Morgan fingerprint density at radius 2 is 1.83 bits per heavy atom.